The monoisotopic (exact) mass is 515 g/mol. The molecule has 2 fully saturated rings. The summed E-state index contributed by atoms with van der Waals surface area (Å²) in [5.74, 6) is -1.76. The van der Waals surface area contributed by atoms with Crippen molar-refractivity contribution in [3.05, 3.63) is 53.6 Å². The van der Waals surface area contributed by atoms with Crippen LogP contribution in [0.15, 0.2) is 48.6 Å². The van der Waals surface area contributed by atoms with E-state index in [1.54, 1.807) is 41.8 Å². The molecule has 1 spiro atoms. The highest BCUT2D eigenvalue weighted by atomic mass is 35.5. The third kappa shape index (κ3) is 3.64. The van der Waals surface area contributed by atoms with Gasteiger partial charge in [0.25, 0.3) is 5.91 Å². The number of benzene rings is 1. The summed E-state index contributed by atoms with van der Waals surface area (Å²) >= 11 is 8.00. The number of amides is 3. The first-order valence-corrected chi connectivity index (χ1v) is 13.4. The number of para-hydroxylation sites is 1. The van der Waals surface area contributed by atoms with E-state index in [1.165, 1.54) is 4.90 Å². The first-order valence-electron chi connectivity index (χ1n) is 12.2. The number of carbonyl (C=O) groups is 3. The summed E-state index contributed by atoms with van der Waals surface area (Å²) in [6, 6.07) is 5.74. The topological polar surface area (TPSA) is 81.2 Å². The molecule has 0 aliphatic carbocycles. The van der Waals surface area contributed by atoms with Crippen molar-refractivity contribution in [1.29, 1.82) is 0 Å². The average Bonchev–Trinajstić information content (AvgIpc) is 3.17. The summed E-state index contributed by atoms with van der Waals surface area (Å²) in [5, 5.41) is 10.3. The number of aliphatic hydroxyl groups is 1. The molecular weight excluding hydrogens is 486 g/mol. The van der Waals surface area contributed by atoms with Crippen LogP contribution in [0, 0.1) is 11.8 Å². The van der Waals surface area contributed by atoms with Gasteiger partial charge >= 0.3 is 0 Å². The Bertz CT molecular complexity index is 1110. The van der Waals surface area contributed by atoms with Crippen molar-refractivity contribution in [2.24, 2.45) is 11.8 Å². The van der Waals surface area contributed by atoms with Gasteiger partial charge in [-0.15, -0.1) is 11.8 Å². The van der Waals surface area contributed by atoms with Crippen LogP contribution in [-0.2, 0) is 14.4 Å². The van der Waals surface area contributed by atoms with Gasteiger partial charge in [0.15, 0.2) is 0 Å². The highest BCUT2D eigenvalue weighted by Crippen LogP contribution is 2.61. The van der Waals surface area contributed by atoms with E-state index in [4.69, 9.17) is 11.6 Å². The van der Waals surface area contributed by atoms with E-state index < -0.39 is 28.7 Å². The zero-order valence-corrected chi connectivity index (χ0v) is 21.4. The average molecular weight is 516 g/mol. The fourth-order valence-electron chi connectivity index (χ4n) is 6.05. The zero-order valence-electron chi connectivity index (χ0n) is 19.8. The molecule has 0 bridgehead atoms. The standard InChI is InChI=1S/C26H30ClN3O4S/c1-3-12-28-13-6-10-19-20(23(28)32)21-24(33)30(16(2)15-31)22-25(34)29(14-7-11-26(21,22)35-19)18-9-5-4-8-17(18)27/h4-11,16,19-22,31H,3,12-15H2,1-2H3/t16-,19+,20-,21+,22?,26+/m1/s1. The number of fused-ring (bicyclic) bond motifs is 2. The molecule has 3 amide bonds. The molecule has 0 saturated carbocycles. The normalized spacial score (nSPS) is 32.9. The van der Waals surface area contributed by atoms with Crippen molar-refractivity contribution < 1.29 is 19.5 Å². The molecule has 4 heterocycles. The maximum atomic E-state index is 14.2. The first kappa shape index (κ1) is 24.4. The van der Waals surface area contributed by atoms with E-state index in [1.807, 2.05) is 42.2 Å². The van der Waals surface area contributed by atoms with Crippen LogP contribution in [0.1, 0.15) is 20.3 Å². The second kappa shape index (κ2) is 9.30. The van der Waals surface area contributed by atoms with Gasteiger partial charge in [-0.2, -0.15) is 0 Å². The molecule has 0 aromatic heterocycles. The molecule has 1 N–H and O–H groups in total. The molecule has 1 aromatic rings. The Morgan fingerprint density at radius 3 is 2.63 bits per heavy atom. The van der Waals surface area contributed by atoms with Gasteiger partial charge in [-0.05, 0) is 25.5 Å². The van der Waals surface area contributed by atoms with Crippen molar-refractivity contribution in [2.45, 2.75) is 42.3 Å². The third-order valence-electron chi connectivity index (χ3n) is 7.56. The Kier molecular flexibility index (Phi) is 6.48. The molecule has 7 nitrogen and oxygen atoms in total. The van der Waals surface area contributed by atoms with Crippen LogP contribution < -0.4 is 4.90 Å². The molecule has 4 aliphatic rings. The quantitative estimate of drug-likeness (QED) is 0.610. The van der Waals surface area contributed by atoms with Gasteiger partial charge in [0.1, 0.15) is 6.04 Å². The molecule has 2 saturated heterocycles. The minimum Gasteiger partial charge on any atom is -0.394 e. The number of hydrogen-bond acceptors (Lipinski definition) is 5. The maximum absolute atomic E-state index is 14.2. The van der Waals surface area contributed by atoms with E-state index >= 15 is 0 Å². The number of halogens is 1. The molecule has 1 aromatic carbocycles. The largest absolute Gasteiger partial charge is 0.394 e. The Morgan fingerprint density at radius 2 is 1.91 bits per heavy atom. The minimum atomic E-state index is -0.905. The predicted octanol–water partition coefficient (Wildman–Crippen LogP) is 2.73. The third-order valence-corrected chi connectivity index (χ3v) is 9.62. The summed E-state index contributed by atoms with van der Waals surface area (Å²) in [5.41, 5.74) is 0.579. The van der Waals surface area contributed by atoms with Gasteiger partial charge in [-0.1, -0.05) is 55.0 Å². The summed E-state index contributed by atoms with van der Waals surface area (Å²) in [6.07, 6.45) is 8.77. The molecule has 186 valence electrons. The maximum Gasteiger partial charge on any atom is 0.251 e. The molecule has 4 aliphatic heterocycles. The second-order valence-corrected chi connectivity index (χ2v) is 11.5. The van der Waals surface area contributed by atoms with Crippen molar-refractivity contribution in [3.63, 3.8) is 0 Å². The number of carbonyl (C=O) groups excluding carboxylic acids is 3. The fourth-order valence-corrected chi connectivity index (χ4v) is 8.28. The Morgan fingerprint density at radius 1 is 1.14 bits per heavy atom. The Balaban J connectivity index is 1.63. The summed E-state index contributed by atoms with van der Waals surface area (Å²) < 4.78 is -0.905. The number of likely N-dealkylation sites (tertiary alicyclic amines) is 1. The van der Waals surface area contributed by atoms with E-state index in [9.17, 15) is 19.5 Å². The lowest BCUT2D eigenvalue weighted by Crippen LogP contribution is -2.56. The molecule has 1 unspecified atom stereocenters. The molecule has 0 radical (unpaired) electrons. The number of anilines is 1. The number of aliphatic hydroxyl groups excluding tert-OH is 1. The highest BCUT2D eigenvalue weighted by Gasteiger charge is 2.71. The van der Waals surface area contributed by atoms with E-state index in [-0.39, 0.29) is 29.6 Å². The van der Waals surface area contributed by atoms with Crippen molar-refractivity contribution in [1.82, 2.24) is 9.80 Å². The van der Waals surface area contributed by atoms with Crippen LogP contribution in [0.5, 0.6) is 0 Å². The van der Waals surface area contributed by atoms with Crippen LogP contribution in [0.4, 0.5) is 5.69 Å². The predicted molar refractivity (Wildman–Crippen MR) is 137 cm³/mol. The van der Waals surface area contributed by atoms with E-state index in [2.05, 4.69) is 0 Å². The minimum absolute atomic E-state index is 0.0325. The van der Waals surface area contributed by atoms with Crippen molar-refractivity contribution >= 4 is 46.8 Å². The van der Waals surface area contributed by atoms with E-state index in [0.717, 1.165) is 6.42 Å². The van der Waals surface area contributed by atoms with Crippen molar-refractivity contribution in [2.75, 3.05) is 31.1 Å². The highest BCUT2D eigenvalue weighted by molar-refractivity contribution is 8.02. The van der Waals surface area contributed by atoms with Crippen LogP contribution in [0.2, 0.25) is 5.02 Å². The molecule has 9 heteroatoms. The number of hydrogen-bond donors (Lipinski definition) is 1. The van der Waals surface area contributed by atoms with Crippen molar-refractivity contribution in [3.8, 4) is 0 Å². The summed E-state index contributed by atoms with van der Waals surface area (Å²) in [4.78, 5) is 47.0. The second-order valence-electron chi connectivity index (χ2n) is 9.63. The first-order chi connectivity index (χ1) is 16.9. The van der Waals surface area contributed by atoms with Gasteiger partial charge < -0.3 is 19.8 Å². The van der Waals surface area contributed by atoms with Gasteiger partial charge in [-0.25, -0.2) is 0 Å². The Hall–Kier alpha value is -2.29. The lowest BCUT2D eigenvalue weighted by Gasteiger charge is -2.37. The number of rotatable bonds is 5. The number of thioether (sulfide) groups is 1. The van der Waals surface area contributed by atoms with Crippen LogP contribution >= 0.6 is 23.4 Å². The summed E-state index contributed by atoms with van der Waals surface area (Å²) in [7, 11) is 0. The number of nitrogens with zero attached hydrogens (tertiary/aromatic N) is 3. The van der Waals surface area contributed by atoms with Gasteiger partial charge in [0.05, 0.1) is 39.9 Å². The van der Waals surface area contributed by atoms with Crippen LogP contribution in [0.3, 0.4) is 0 Å². The lowest BCUT2D eigenvalue weighted by molar-refractivity contribution is -0.144. The smallest absolute Gasteiger partial charge is 0.251 e. The molecular formula is C26H30ClN3O4S. The van der Waals surface area contributed by atoms with Gasteiger partial charge in [-0.3, -0.25) is 14.4 Å². The van der Waals surface area contributed by atoms with Crippen LogP contribution in [-0.4, -0.2) is 80.9 Å². The lowest BCUT2D eigenvalue weighted by atomic mass is 9.78. The van der Waals surface area contributed by atoms with Gasteiger partial charge in [0.2, 0.25) is 11.8 Å². The molecule has 6 atom stereocenters. The van der Waals surface area contributed by atoms with Gasteiger partial charge in [0, 0.05) is 24.9 Å². The molecule has 35 heavy (non-hydrogen) atoms. The van der Waals surface area contributed by atoms with Crippen LogP contribution in [0.25, 0.3) is 0 Å². The summed E-state index contributed by atoms with van der Waals surface area (Å²) in [6.45, 7) is 4.97. The SMILES string of the molecule is CCCN1CC=C[C@@H]2S[C@]34C=CCN(c5ccccc5Cl)C(=O)C3N([C@H](C)CO)C(=O)[C@@H]4[C@@H]2C1=O. The fraction of sp³-hybridized carbons (Fsp3) is 0.500. The molecule has 5 rings (SSSR count). The van der Waals surface area contributed by atoms with E-state index in [0.29, 0.717) is 30.3 Å². The Labute approximate surface area is 214 Å². The zero-order chi connectivity index (χ0) is 24.9.